The molecule has 5 heteroatoms. The number of ether oxygens (including phenoxy) is 1. The zero-order valence-electron chi connectivity index (χ0n) is 8.40. The van der Waals surface area contributed by atoms with Gasteiger partial charge in [0.2, 0.25) is 0 Å². The van der Waals surface area contributed by atoms with E-state index < -0.39 is 5.97 Å². The van der Waals surface area contributed by atoms with Crippen molar-refractivity contribution < 1.29 is 19.4 Å². The van der Waals surface area contributed by atoms with E-state index in [1.54, 1.807) is 0 Å². The molecular formula is C9H15NO4. The Balaban J connectivity index is 2.55. The average Bonchev–Trinajstić information content (AvgIpc) is 2.08. The summed E-state index contributed by atoms with van der Waals surface area (Å²) in [5, 5.41) is 8.62. The van der Waals surface area contributed by atoms with Crippen LogP contribution >= 0.6 is 0 Å². The maximum atomic E-state index is 11.0. The van der Waals surface area contributed by atoms with E-state index in [4.69, 9.17) is 9.84 Å². The Morgan fingerprint density at radius 3 is 3.00 bits per heavy atom. The maximum Gasteiger partial charge on any atom is 0.320 e. The van der Waals surface area contributed by atoms with Gasteiger partial charge in [-0.2, -0.15) is 0 Å². The highest BCUT2D eigenvalue weighted by molar-refractivity contribution is 5.73. The third-order valence-corrected chi connectivity index (χ3v) is 2.40. The van der Waals surface area contributed by atoms with Crippen molar-refractivity contribution in [2.24, 2.45) is 0 Å². The topological polar surface area (TPSA) is 66.8 Å². The molecule has 0 radical (unpaired) electrons. The van der Waals surface area contributed by atoms with Gasteiger partial charge in [-0.25, -0.2) is 0 Å². The van der Waals surface area contributed by atoms with E-state index in [0.29, 0.717) is 6.61 Å². The van der Waals surface area contributed by atoms with Crippen LogP contribution in [0.1, 0.15) is 20.3 Å². The molecule has 1 rings (SSSR count). The van der Waals surface area contributed by atoms with Crippen LogP contribution in [0.4, 0.5) is 0 Å². The number of carboxylic acid groups (broad SMARTS) is 1. The molecule has 0 spiro atoms. The smallest absolute Gasteiger partial charge is 0.320 e. The number of cyclic esters (lactones) is 1. The van der Waals surface area contributed by atoms with Gasteiger partial charge in [-0.15, -0.1) is 0 Å². The zero-order chi connectivity index (χ0) is 10.7. The lowest BCUT2D eigenvalue weighted by molar-refractivity contribution is -0.157. The van der Waals surface area contributed by atoms with Gasteiger partial charge in [0, 0.05) is 12.1 Å². The summed E-state index contributed by atoms with van der Waals surface area (Å²) in [6, 6.07) is -0.0302. The van der Waals surface area contributed by atoms with Crippen LogP contribution in [0.3, 0.4) is 0 Å². The fraction of sp³-hybridized carbons (Fsp3) is 0.778. The molecule has 1 N–H and O–H groups in total. The lowest BCUT2D eigenvalue weighted by atomic mass is 10.1. The second-order valence-electron chi connectivity index (χ2n) is 3.65. The van der Waals surface area contributed by atoms with E-state index >= 15 is 0 Å². The number of hydrogen-bond donors (Lipinski definition) is 1. The molecule has 0 aromatic rings. The Labute approximate surface area is 82.6 Å². The number of hydrogen-bond acceptors (Lipinski definition) is 4. The summed E-state index contributed by atoms with van der Waals surface area (Å²) >= 11 is 0. The van der Waals surface area contributed by atoms with Crippen molar-refractivity contribution >= 4 is 11.9 Å². The first-order valence-corrected chi connectivity index (χ1v) is 4.64. The molecule has 0 amide bonds. The average molecular weight is 201 g/mol. The summed E-state index contributed by atoms with van der Waals surface area (Å²) in [5.41, 5.74) is 0. The van der Waals surface area contributed by atoms with Gasteiger partial charge in [0.25, 0.3) is 0 Å². The van der Waals surface area contributed by atoms with Crippen LogP contribution in [-0.2, 0) is 14.3 Å². The Kier molecular flexibility index (Phi) is 3.46. The predicted octanol–water partition coefficient (Wildman–Crippen LogP) is 0.0969. The van der Waals surface area contributed by atoms with Gasteiger partial charge in [0.15, 0.2) is 0 Å². The Morgan fingerprint density at radius 1 is 1.79 bits per heavy atom. The monoisotopic (exact) mass is 201 g/mol. The Bertz CT molecular complexity index is 241. The summed E-state index contributed by atoms with van der Waals surface area (Å²) in [4.78, 5) is 23.4. The number of carbonyl (C=O) groups excluding carboxylic acids is 1. The highest BCUT2D eigenvalue weighted by atomic mass is 16.5. The number of morpholine rings is 1. The minimum Gasteiger partial charge on any atom is -0.481 e. The first-order valence-electron chi connectivity index (χ1n) is 4.64. The molecule has 5 nitrogen and oxygen atoms in total. The quantitative estimate of drug-likeness (QED) is 0.656. The fourth-order valence-electron chi connectivity index (χ4n) is 1.62. The van der Waals surface area contributed by atoms with Gasteiger partial charge in [-0.05, 0) is 13.8 Å². The van der Waals surface area contributed by atoms with Crippen LogP contribution < -0.4 is 0 Å². The van der Waals surface area contributed by atoms with Crippen molar-refractivity contribution in [2.75, 3.05) is 13.2 Å². The molecule has 2 atom stereocenters. The van der Waals surface area contributed by atoms with Crippen LogP contribution in [0.25, 0.3) is 0 Å². The Hall–Kier alpha value is -1.10. The van der Waals surface area contributed by atoms with Crippen molar-refractivity contribution in [3.63, 3.8) is 0 Å². The summed E-state index contributed by atoms with van der Waals surface area (Å²) < 4.78 is 4.85. The minimum atomic E-state index is -0.844. The Morgan fingerprint density at radius 2 is 2.43 bits per heavy atom. The molecule has 80 valence electrons. The summed E-state index contributed by atoms with van der Waals surface area (Å²) in [7, 11) is 0. The number of carboxylic acids is 1. The third-order valence-electron chi connectivity index (χ3n) is 2.40. The van der Waals surface area contributed by atoms with Crippen LogP contribution in [0.2, 0.25) is 0 Å². The summed E-state index contributed by atoms with van der Waals surface area (Å²) in [6.07, 6.45) is 0.0532. The van der Waals surface area contributed by atoms with Crippen LogP contribution in [0.5, 0.6) is 0 Å². The number of esters is 1. The first-order chi connectivity index (χ1) is 6.50. The highest BCUT2D eigenvalue weighted by Crippen LogP contribution is 2.13. The molecule has 1 aliphatic heterocycles. The maximum absolute atomic E-state index is 11.0. The predicted molar refractivity (Wildman–Crippen MR) is 48.8 cm³/mol. The lowest BCUT2D eigenvalue weighted by Gasteiger charge is -2.36. The van der Waals surface area contributed by atoms with Crippen LogP contribution in [0.15, 0.2) is 0 Å². The van der Waals surface area contributed by atoms with Gasteiger partial charge in [-0.3, -0.25) is 14.5 Å². The standard InChI is InChI=1S/C9H15NO4/c1-6(3-8(11)12)10-4-9(13)14-5-7(10)2/h6-7H,3-5H2,1-2H3,(H,11,12). The summed E-state index contributed by atoms with van der Waals surface area (Å²) in [6.45, 7) is 4.27. The van der Waals surface area contributed by atoms with Crippen LogP contribution in [-0.4, -0.2) is 47.2 Å². The second-order valence-corrected chi connectivity index (χ2v) is 3.65. The largest absolute Gasteiger partial charge is 0.481 e. The van der Waals surface area contributed by atoms with E-state index in [1.807, 2.05) is 18.7 Å². The SMILES string of the molecule is CC1COC(=O)CN1C(C)CC(=O)O. The third kappa shape index (κ3) is 2.70. The van der Waals surface area contributed by atoms with E-state index in [2.05, 4.69) is 0 Å². The normalized spacial score (nSPS) is 25.6. The molecule has 0 bridgehead atoms. The molecule has 0 aromatic carbocycles. The van der Waals surface area contributed by atoms with Gasteiger partial charge in [-0.1, -0.05) is 0 Å². The van der Waals surface area contributed by atoms with Gasteiger partial charge < -0.3 is 9.84 Å². The first kappa shape index (κ1) is 11.0. The number of aliphatic carboxylic acids is 1. The molecular weight excluding hydrogens is 186 g/mol. The molecule has 0 aromatic heterocycles. The van der Waals surface area contributed by atoms with Crippen molar-refractivity contribution in [3.8, 4) is 0 Å². The van der Waals surface area contributed by atoms with E-state index in [0.717, 1.165) is 0 Å². The molecule has 1 aliphatic rings. The summed E-state index contributed by atoms with van der Waals surface area (Å²) in [5.74, 6) is -1.12. The van der Waals surface area contributed by atoms with Crippen molar-refractivity contribution in [1.82, 2.24) is 4.90 Å². The van der Waals surface area contributed by atoms with E-state index in [9.17, 15) is 9.59 Å². The molecule has 2 unspecified atom stereocenters. The molecule has 0 saturated carbocycles. The van der Waals surface area contributed by atoms with Crippen molar-refractivity contribution in [1.29, 1.82) is 0 Å². The molecule has 1 saturated heterocycles. The van der Waals surface area contributed by atoms with E-state index in [-0.39, 0.29) is 31.0 Å². The van der Waals surface area contributed by atoms with Crippen LogP contribution in [0, 0.1) is 0 Å². The van der Waals surface area contributed by atoms with Crippen molar-refractivity contribution in [2.45, 2.75) is 32.4 Å². The van der Waals surface area contributed by atoms with Gasteiger partial charge >= 0.3 is 11.9 Å². The minimum absolute atomic E-state index is 0.0532. The number of rotatable bonds is 3. The second kappa shape index (κ2) is 4.41. The number of carbonyl (C=O) groups is 2. The lowest BCUT2D eigenvalue weighted by Crippen LogP contribution is -2.50. The highest BCUT2D eigenvalue weighted by Gasteiger charge is 2.29. The fourth-order valence-corrected chi connectivity index (χ4v) is 1.62. The number of nitrogens with zero attached hydrogens (tertiary/aromatic N) is 1. The van der Waals surface area contributed by atoms with Gasteiger partial charge in [0.1, 0.15) is 6.61 Å². The molecule has 1 fully saturated rings. The molecule has 14 heavy (non-hydrogen) atoms. The molecule has 1 heterocycles. The zero-order valence-corrected chi connectivity index (χ0v) is 8.40. The van der Waals surface area contributed by atoms with Gasteiger partial charge in [0.05, 0.1) is 13.0 Å². The molecule has 0 aliphatic carbocycles. The van der Waals surface area contributed by atoms with E-state index in [1.165, 1.54) is 0 Å². The van der Waals surface area contributed by atoms with Crippen molar-refractivity contribution in [3.05, 3.63) is 0 Å².